The molecule has 0 saturated heterocycles. The van der Waals surface area contributed by atoms with Crippen LogP contribution in [0.15, 0.2) is 24.4 Å². The summed E-state index contributed by atoms with van der Waals surface area (Å²) in [4.78, 5) is 28.0. The van der Waals surface area contributed by atoms with Crippen LogP contribution >= 0.6 is 11.6 Å². The van der Waals surface area contributed by atoms with Crippen molar-refractivity contribution in [2.24, 2.45) is 7.05 Å². The number of nitrogens with one attached hydrogen (secondary N) is 1. The van der Waals surface area contributed by atoms with Gasteiger partial charge in [-0.3, -0.25) is 4.79 Å². The van der Waals surface area contributed by atoms with Gasteiger partial charge in [0, 0.05) is 7.05 Å². The maximum Gasteiger partial charge on any atom is 0.342 e. The molecular formula is C15H14ClN3O4. The normalized spacial score (nSPS) is 16.3. The van der Waals surface area contributed by atoms with E-state index in [1.807, 2.05) is 0 Å². The molecule has 1 aromatic heterocycles. The second kappa shape index (κ2) is 5.92. The van der Waals surface area contributed by atoms with Gasteiger partial charge in [0.25, 0.3) is 5.91 Å². The topological polar surface area (TPSA) is 82.4 Å². The molecule has 0 spiro atoms. The van der Waals surface area contributed by atoms with E-state index in [9.17, 15) is 9.59 Å². The molecule has 0 saturated carbocycles. The van der Waals surface area contributed by atoms with Gasteiger partial charge in [-0.25, -0.2) is 9.78 Å². The molecule has 0 unspecified atom stereocenters. The molecule has 1 atom stereocenters. The number of carbonyl (C=O) groups is 2. The number of carbonyl (C=O) groups excluding carboxylic acids is 2. The van der Waals surface area contributed by atoms with E-state index in [1.165, 1.54) is 6.20 Å². The standard InChI is InChI=1S/C15H14ClN3O4/c1-8-14(20)18-10-5-3-4-9(13(10)23-8)15(21)22-7-12-17-6-11(16)19(12)2/h3-6,8H,7H2,1-2H3,(H,18,20)/t8-/m1/s1. The van der Waals surface area contributed by atoms with Gasteiger partial charge < -0.3 is 19.4 Å². The van der Waals surface area contributed by atoms with Crippen LogP contribution in [0.3, 0.4) is 0 Å². The summed E-state index contributed by atoms with van der Waals surface area (Å²) in [5.41, 5.74) is 0.692. The van der Waals surface area contributed by atoms with E-state index in [2.05, 4.69) is 10.3 Å². The lowest BCUT2D eigenvalue weighted by Gasteiger charge is -2.24. The van der Waals surface area contributed by atoms with E-state index in [0.29, 0.717) is 22.4 Å². The van der Waals surface area contributed by atoms with Crippen LogP contribution in [0, 0.1) is 0 Å². The van der Waals surface area contributed by atoms with Gasteiger partial charge in [0.15, 0.2) is 11.9 Å². The summed E-state index contributed by atoms with van der Waals surface area (Å²) in [7, 11) is 1.73. The van der Waals surface area contributed by atoms with Crippen molar-refractivity contribution in [1.82, 2.24) is 9.55 Å². The highest BCUT2D eigenvalue weighted by Crippen LogP contribution is 2.33. The van der Waals surface area contributed by atoms with Crippen molar-refractivity contribution in [2.45, 2.75) is 19.6 Å². The lowest BCUT2D eigenvalue weighted by molar-refractivity contribution is -0.122. The molecule has 1 aliphatic heterocycles. The molecule has 120 valence electrons. The van der Waals surface area contributed by atoms with Crippen LogP contribution in [0.2, 0.25) is 5.15 Å². The average molecular weight is 336 g/mol. The van der Waals surface area contributed by atoms with Crippen molar-refractivity contribution in [3.05, 3.63) is 40.9 Å². The van der Waals surface area contributed by atoms with E-state index in [1.54, 1.807) is 36.7 Å². The van der Waals surface area contributed by atoms with Crippen LogP contribution in [0.4, 0.5) is 5.69 Å². The minimum atomic E-state index is -0.676. The summed E-state index contributed by atoms with van der Waals surface area (Å²) < 4.78 is 12.4. The fraction of sp³-hybridized carbons (Fsp3) is 0.267. The zero-order valence-electron chi connectivity index (χ0n) is 12.5. The largest absolute Gasteiger partial charge is 0.478 e. The zero-order valence-corrected chi connectivity index (χ0v) is 13.3. The van der Waals surface area contributed by atoms with Crippen LogP contribution in [-0.4, -0.2) is 27.5 Å². The number of halogens is 1. The van der Waals surface area contributed by atoms with Gasteiger partial charge in [-0.05, 0) is 19.1 Å². The smallest absolute Gasteiger partial charge is 0.342 e. The Morgan fingerprint density at radius 2 is 2.30 bits per heavy atom. The third-order valence-corrected chi connectivity index (χ3v) is 3.87. The number of hydrogen-bond donors (Lipinski definition) is 1. The molecule has 3 rings (SSSR count). The predicted molar refractivity (Wildman–Crippen MR) is 82.5 cm³/mol. The first-order chi connectivity index (χ1) is 11.0. The zero-order chi connectivity index (χ0) is 16.6. The second-order valence-corrected chi connectivity index (χ2v) is 5.45. The highest BCUT2D eigenvalue weighted by atomic mass is 35.5. The molecular weight excluding hydrogens is 322 g/mol. The molecule has 8 heteroatoms. The van der Waals surface area contributed by atoms with E-state index in [-0.39, 0.29) is 18.1 Å². The lowest BCUT2D eigenvalue weighted by Crippen LogP contribution is -2.35. The van der Waals surface area contributed by atoms with Crippen molar-refractivity contribution in [2.75, 3.05) is 5.32 Å². The summed E-state index contributed by atoms with van der Waals surface area (Å²) >= 11 is 5.89. The summed E-state index contributed by atoms with van der Waals surface area (Å²) in [6.45, 7) is 1.59. The van der Waals surface area contributed by atoms with Crippen LogP contribution < -0.4 is 10.1 Å². The molecule has 1 N–H and O–H groups in total. The van der Waals surface area contributed by atoms with Crippen molar-refractivity contribution in [3.8, 4) is 5.75 Å². The van der Waals surface area contributed by atoms with Crippen molar-refractivity contribution in [1.29, 1.82) is 0 Å². The molecule has 7 nitrogen and oxygen atoms in total. The Hall–Kier alpha value is -2.54. The van der Waals surface area contributed by atoms with E-state index >= 15 is 0 Å². The number of anilines is 1. The Morgan fingerprint density at radius 3 is 3.00 bits per heavy atom. The Labute approximate surface area is 137 Å². The van der Waals surface area contributed by atoms with Gasteiger partial charge in [-0.1, -0.05) is 17.7 Å². The summed E-state index contributed by atoms with van der Waals surface area (Å²) in [5.74, 6) is 0.00759. The SMILES string of the molecule is C[C@H]1Oc2c(cccc2C(=O)OCc2ncc(Cl)n2C)NC1=O. The van der Waals surface area contributed by atoms with Gasteiger partial charge in [0.1, 0.15) is 23.1 Å². The van der Waals surface area contributed by atoms with Crippen LogP contribution in [0.1, 0.15) is 23.1 Å². The molecule has 0 bridgehead atoms. The number of nitrogens with zero attached hydrogens (tertiary/aromatic N) is 2. The molecule has 0 radical (unpaired) electrons. The third kappa shape index (κ3) is 2.87. The maximum absolute atomic E-state index is 12.3. The predicted octanol–water partition coefficient (Wildman–Crippen LogP) is 2.15. The summed E-state index contributed by atoms with van der Waals surface area (Å²) in [5, 5.41) is 3.14. The molecule has 1 amide bonds. The Morgan fingerprint density at radius 1 is 1.52 bits per heavy atom. The fourth-order valence-corrected chi connectivity index (χ4v) is 2.30. The molecule has 1 aliphatic rings. The number of aromatic nitrogens is 2. The van der Waals surface area contributed by atoms with Gasteiger partial charge in [-0.2, -0.15) is 0 Å². The van der Waals surface area contributed by atoms with Gasteiger partial charge >= 0.3 is 5.97 Å². The van der Waals surface area contributed by atoms with Gasteiger partial charge in [0.05, 0.1) is 11.9 Å². The highest BCUT2D eigenvalue weighted by molar-refractivity contribution is 6.29. The highest BCUT2D eigenvalue weighted by Gasteiger charge is 2.28. The summed E-state index contributed by atoms with van der Waals surface area (Å²) in [6.07, 6.45) is 0.805. The second-order valence-electron chi connectivity index (χ2n) is 5.06. The van der Waals surface area contributed by atoms with E-state index in [4.69, 9.17) is 21.1 Å². The van der Waals surface area contributed by atoms with Crippen molar-refractivity contribution in [3.63, 3.8) is 0 Å². The number of imidazole rings is 1. The first kappa shape index (κ1) is 15.4. The maximum atomic E-state index is 12.3. The number of fused-ring (bicyclic) bond motifs is 1. The molecule has 2 heterocycles. The number of rotatable bonds is 3. The quantitative estimate of drug-likeness (QED) is 0.869. The fourth-order valence-electron chi connectivity index (χ4n) is 2.15. The molecule has 1 aromatic carbocycles. The third-order valence-electron chi connectivity index (χ3n) is 3.52. The Kier molecular flexibility index (Phi) is 3.96. The first-order valence-corrected chi connectivity index (χ1v) is 7.29. The first-order valence-electron chi connectivity index (χ1n) is 6.91. The minimum absolute atomic E-state index is 0.0202. The number of esters is 1. The van der Waals surface area contributed by atoms with Crippen LogP contribution in [0.25, 0.3) is 0 Å². The average Bonchev–Trinajstić information content (AvgIpc) is 2.85. The van der Waals surface area contributed by atoms with E-state index < -0.39 is 12.1 Å². The Balaban J connectivity index is 1.79. The number of para-hydroxylation sites is 1. The number of amides is 1. The van der Waals surface area contributed by atoms with Crippen molar-refractivity contribution >= 4 is 29.2 Å². The number of hydrogen-bond acceptors (Lipinski definition) is 5. The number of ether oxygens (including phenoxy) is 2. The van der Waals surface area contributed by atoms with Gasteiger partial charge in [-0.15, -0.1) is 0 Å². The number of benzene rings is 1. The molecule has 23 heavy (non-hydrogen) atoms. The monoisotopic (exact) mass is 335 g/mol. The van der Waals surface area contributed by atoms with Crippen molar-refractivity contribution < 1.29 is 19.1 Å². The minimum Gasteiger partial charge on any atom is -0.478 e. The lowest BCUT2D eigenvalue weighted by atomic mass is 10.1. The van der Waals surface area contributed by atoms with Gasteiger partial charge in [0.2, 0.25) is 0 Å². The summed E-state index contributed by atoms with van der Waals surface area (Å²) in [6, 6.07) is 4.89. The molecule has 0 fully saturated rings. The van der Waals surface area contributed by atoms with Crippen LogP contribution in [0.5, 0.6) is 5.75 Å². The molecule has 0 aliphatic carbocycles. The van der Waals surface area contributed by atoms with E-state index in [0.717, 1.165) is 0 Å². The van der Waals surface area contributed by atoms with Crippen LogP contribution in [-0.2, 0) is 23.2 Å². The molecule has 2 aromatic rings. The Bertz CT molecular complexity index is 787.